The zero-order valence-corrected chi connectivity index (χ0v) is 19.0. The molecule has 2 amide bonds. The molecular weight excluding hydrogens is 418 g/mol. The van der Waals surface area contributed by atoms with Gasteiger partial charge in [0, 0.05) is 30.9 Å². The van der Waals surface area contributed by atoms with E-state index in [1.165, 1.54) is 5.56 Å². The van der Waals surface area contributed by atoms with Crippen molar-refractivity contribution in [3.05, 3.63) is 77.2 Å². The van der Waals surface area contributed by atoms with Gasteiger partial charge in [0.1, 0.15) is 5.76 Å². The first kappa shape index (κ1) is 23.9. The van der Waals surface area contributed by atoms with Crippen molar-refractivity contribution >= 4 is 28.9 Å². The molecule has 0 spiro atoms. The number of rotatable bonds is 11. The van der Waals surface area contributed by atoms with Crippen LogP contribution in [-0.4, -0.2) is 38.0 Å². The summed E-state index contributed by atoms with van der Waals surface area (Å²) in [5, 5.41) is 12.4. The number of anilines is 3. The smallest absolute Gasteiger partial charge is 0.291 e. The van der Waals surface area contributed by atoms with Crippen LogP contribution >= 0.6 is 0 Å². The minimum absolute atomic E-state index is 0.206. The summed E-state index contributed by atoms with van der Waals surface area (Å²) < 4.78 is 5.43. The Hall–Kier alpha value is -3.78. The van der Waals surface area contributed by atoms with Crippen molar-refractivity contribution in [3.8, 4) is 0 Å². The van der Waals surface area contributed by atoms with Crippen molar-refractivity contribution in [2.45, 2.75) is 20.3 Å². The van der Waals surface area contributed by atoms with E-state index in [-0.39, 0.29) is 17.6 Å². The van der Waals surface area contributed by atoms with E-state index in [9.17, 15) is 9.59 Å². The average Bonchev–Trinajstić information content (AvgIpc) is 3.25. The van der Waals surface area contributed by atoms with Gasteiger partial charge >= 0.3 is 0 Å². The molecule has 0 radical (unpaired) electrons. The first-order valence-electron chi connectivity index (χ1n) is 11.0. The van der Waals surface area contributed by atoms with Crippen LogP contribution in [-0.2, 0) is 0 Å². The Labute approximate surface area is 193 Å². The quantitative estimate of drug-likeness (QED) is 0.284. The van der Waals surface area contributed by atoms with Crippen LogP contribution in [0.5, 0.6) is 0 Å². The van der Waals surface area contributed by atoms with Crippen LogP contribution < -0.4 is 27.0 Å². The standard InChI is InChI=1S/C25H31N5O3/c1-17-6-3-4-7-20(17)27-14-15-28-21-10-9-19(24(31)29-13-5-12-26)16-22(21)30-25(32)23-11-8-18(2)33-23/h3-4,6-11,16,27-28H,5,12-15,26H2,1-2H3,(H,29,31)(H,30,32). The topological polar surface area (TPSA) is 121 Å². The molecule has 0 saturated heterocycles. The van der Waals surface area contributed by atoms with Crippen LogP contribution in [0.1, 0.15) is 38.7 Å². The van der Waals surface area contributed by atoms with Gasteiger partial charge < -0.3 is 31.4 Å². The number of carbonyl (C=O) groups excluding carboxylic acids is 2. The molecule has 0 bridgehead atoms. The van der Waals surface area contributed by atoms with E-state index < -0.39 is 0 Å². The number of furan rings is 1. The Balaban J connectivity index is 1.70. The van der Waals surface area contributed by atoms with Gasteiger partial charge in [0.25, 0.3) is 11.8 Å². The second-order valence-corrected chi connectivity index (χ2v) is 7.69. The molecule has 0 saturated carbocycles. The third kappa shape index (κ3) is 6.85. The number of amides is 2. The van der Waals surface area contributed by atoms with Crippen molar-refractivity contribution < 1.29 is 14.0 Å². The molecular formula is C25H31N5O3. The fourth-order valence-electron chi connectivity index (χ4n) is 3.26. The van der Waals surface area contributed by atoms with Crippen molar-refractivity contribution in [1.29, 1.82) is 0 Å². The Morgan fingerprint density at radius 1 is 0.848 bits per heavy atom. The number of benzene rings is 2. The molecule has 8 nitrogen and oxygen atoms in total. The van der Waals surface area contributed by atoms with E-state index in [1.807, 2.05) is 18.2 Å². The van der Waals surface area contributed by atoms with Crippen molar-refractivity contribution in [3.63, 3.8) is 0 Å². The first-order chi connectivity index (χ1) is 16.0. The van der Waals surface area contributed by atoms with E-state index in [2.05, 4.69) is 34.3 Å². The molecule has 0 unspecified atom stereocenters. The zero-order chi connectivity index (χ0) is 23.6. The summed E-state index contributed by atoms with van der Waals surface area (Å²) in [6.45, 7) is 6.11. The predicted octanol–water partition coefficient (Wildman–Crippen LogP) is 3.75. The largest absolute Gasteiger partial charge is 0.456 e. The highest BCUT2D eigenvalue weighted by molar-refractivity contribution is 6.05. The second kappa shape index (κ2) is 11.7. The number of aryl methyl sites for hydroxylation is 2. The minimum atomic E-state index is -0.384. The second-order valence-electron chi connectivity index (χ2n) is 7.69. The first-order valence-corrected chi connectivity index (χ1v) is 11.0. The number of carbonyl (C=O) groups is 2. The van der Waals surface area contributed by atoms with Crippen molar-refractivity contribution in [2.24, 2.45) is 5.73 Å². The van der Waals surface area contributed by atoms with E-state index >= 15 is 0 Å². The lowest BCUT2D eigenvalue weighted by molar-refractivity contribution is 0.0951. The molecule has 2 aromatic carbocycles. The Morgan fingerprint density at radius 2 is 1.61 bits per heavy atom. The molecule has 1 heterocycles. The Kier molecular flexibility index (Phi) is 8.49. The van der Waals surface area contributed by atoms with Gasteiger partial charge in [0.2, 0.25) is 0 Å². The van der Waals surface area contributed by atoms with Crippen LogP contribution in [0.15, 0.2) is 59.0 Å². The molecule has 3 rings (SSSR count). The predicted molar refractivity (Wildman–Crippen MR) is 132 cm³/mol. The van der Waals surface area contributed by atoms with Crippen LogP contribution in [0.4, 0.5) is 17.1 Å². The number of hydrogen-bond acceptors (Lipinski definition) is 6. The summed E-state index contributed by atoms with van der Waals surface area (Å²) in [5.74, 6) is 0.247. The summed E-state index contributed by atoms with van der Waals surface area (Å²) in [7, 11) is 0. The van der Waals surface area contributed by atoms with Gasteiger partial charge in [-0.05, 0) is 68.8 Å². The molecule has 174 valence electrons. The van der Waals surface area contributed by atoms with E-state index in [4.69, 9.17) is 10.2 Å². The number of hydrogen-bond donors (Lipinski definition) is 5. The molecule has 0 atom stereocenters. The number of para-hydroxylation sites is 1. The van der Waals surface area contributed by atoms with E-state index in [0.29, 0.717) is 55.3 Å². The monoisotopic (exact) mass is 449 g/mol. The molecule has 0 aliphatic carbocycles. The Bertz CT molecular complexity index is 1090. The molecule has 0 aliphatic heterocycles. The summed E-state index contributed by atoms with van der Waals surface area (Å²) in [6, 6.07) is 16.6. The SMILES string of the molecule is Cc1ccc(C(=O)Nc2cc(C(=O)NCCCN)ccc2NCCNc2ccccc2C)o1. The molecule has 6 N–H and O–H groups in total. The normalized spacial score (nSPS) is 10.5. The van der Waals surface area contributed by atoms with Gasteiger partial charge in [-0.15, -0.1) is 0 Å². The maximum Gasteiger partial charge on any atom is 0.291 e. The summed E-state index contributed by atoms with van der Waals surface area (Å²) in [4.78, 5) is 25.1. The lowest BCUT2D eigenvalue weighted by Gasteiger charge is -2.15. The highest BCUT2D eigenvalue weighted by Gasteiger charge is 2.15. The van der Waals surface area contributed by atoms with Gasteiger partial charge in [-0.1, -0.05) is 18.2 Å². The van der Waals surface area contributed by atoms with Gasteiger partial charge in [-0.2, -0.15) is 0 Å². The summed E-state index contributed by atoms with van der Waals surface area (Å²) in [6.07, 6.45) is 0.695. The van der Waals surface area contributed by atoms with Crippen molar-refractivity contribution in [2.75, 3.05) is 42.1 Å². The van der Waals surface area contributed by atoms with Crippen LogP contribution in [0.3, 0.4) is 0 Å². The maximum absolute atomic E-state index is 12.7. The summed E-state index contributed by atoms with van der Waals surface area (Å²) >= 11 is 0. The maximum atomic E-state index is 12.7. The zero-order valence-electron chi connectivity index (χ0n) is 19.0. The molecule has 0 aliphatic rings. The molecule has 3 aromatic rings. The van der Waals surface area contributed by atoms with Gasteiger partial charge in [-0.25, -0.2) is 0 Å². The van der Waals surface area contributed by atoms with E-state index in [0.717, 1.165) is 5.69 Å². The van der Waals surface area contributed by atoms with Crippen LogP contribution in [0.2, 0.25) is 0 Å². The fraction of sp³-hybridized carbons (Fsp3) is 0.280. The minimum Gasteiger partial charge on any atom is -0.456 e. The van der Waals surface area contributed by atoms with Gasteiger partial charge in [0.05, 0.1) is 11.4 Å². The lowest BCUT2D eigenvalue weighted by Crippen LogP contribution is -2.26. The van der Waals surface area contributed by atoms with Gasteiger partial charge in [0.15, 0.2) is 5.76 Å². The third-order valence-electron chi connectivity index (χ3n) is 5.06. The number of nitrogens with one attached hydrogen (secondary N) is 4. The third-order valence-corrected chi connectivity index (χ3v) is 5.06. The van der Waals surface area contributed by atoms with Gasteiger partial charge in [-0.3, -0.25) is 9.59 Å². The van der Waals surface area contributed by atoms with Crippen molar-refractivity contribution in [1.82, 2.24) is 5.32 Å². The molecule has 33 heavy (non-hydrogen) atoms. The molecule has 8 heteroatoms. The summed E-state index contributed by atoms with van der Waals surface area (Å²) in [5.41, 5.74) is 9.38. The van der Waals surface area contributed by atoms with Crippen LogP contribution in [0, 0.1) is 13.8 Å². The molecule has 0 fully saturated rings. The molecule has 1 aromatic heterocycles. The van der Waals surface area contributed by atoms with Crippen LogP contribution in [0.25, 0.3) is 0 Å². The fourth-order valence-corrected chi connectivity index (χ4v) is 3.26. The highest BCUT2D eigenvalue weighted by Crippen LogP contribution is 2.24. The highest BCUT2D eigenvalue weighted by atomic mass is 16.3. The Morgan fingerprint density at radius 3 is 2.30 bits per heavy atom. The average molecular weight is 450 g/mol. The number of nitrogens with two attached hydrogens (primary N) is 1. The van der Waals surface area contributed by atoms with E-state index in [1.54, 1.807) is 37.3 Å². The lowest BCUT2D eigenvalue weighted by atomic mass is 10.1.